The van der Waals surface area contributed by atoms with Crippen LogP contribution >= 0.6 is 15.9 Å². The zero-order chi connectivity index (χ0) is 11.0. The topological polar surface area (TPSA) is 38.0 Å². The van der Waals surface area contributed by atoms with Gasteiger partial charge in [-0.15, -0.1) is 0 Å². The molecule has 1 heterocycles. The highest BCUT2D eigenvalue weighted by Crippen LogP contribution is 2.23. The largest absolute Gasteiger partial charge is 0.508 e. The average Bonchev–Trinajstić information content (AvgIpc) is 2.47. The van der Waals surface area contributed by atoms with Crippen LogP contribution in [0, 0.1) is 13.8 Å². The van der Waals surface area contributed by atoms with Gasteiger partial charge in [0.05, 0.1) is 21.5 Å². The van der Waals surface area contributed by atoms with Crippen LogP contribution in [0.25, 0.3) is 5.69 Å². The molecule has 0 bridgehead atoms. The van der Waals surface area contributed by atoms with Crippen LogP contribution in [0.4, 0.5) is 0 Å². The Hall–Kier alpha value is -1.29. The van der Waals surface area contributed by atoms with Gasteiger partial charge < -0.3 is 5.11 Å². The quantitative estimate of drug-likeness (QED) is 0.862. The third kappa shape index (κ3) is 1.77. The lowest BCUT2D eigenvalue weighted by Gasteiger charge is -2.03. The Morgan fingerprint density at radius 2 is 1.80 bits per heavy atom. The van der Waals surface area contributed by atoms with Gasteiger partial charge >= 0.3 is 0 Å². The first-order valence-electron chi connectivity index (χ1n) is 4.60. The number of hydrogen-bond acceptors (Lipinski definition) is 2. The van der Waals surface area contributed by atoms with Crippen LogP contribution in [0.15, 0.2) is 28.7 Å². The molecule has 0 amide bonds. The normalized spacial score (nSPS) is 10.6. The first kappa shape index (κ1) is 10.2. The third-order valence-electron chi connectivity index (χ3n) is 2.30. The molecule has 15 heavy (non-hydrogen) atoms. The molecule has 0 unspecified atom stereocenters. The number of halogens is 1. The van der Waals surface area contributed by atoms with Crippen LogP contribution in [0.2, 0.25) is 0 Å². The summed E-state index contributed by atoms with van der Waals surface area (Å²) in [6, 6.07) is 6.97. The molecule has 0 fully saturated rings. The first-order valence-corrected chi connectivity index (χ1v) is 5.40. The lowest BCUT2D eigenvalue weighted by molar-refractivity contribution is 0.475. The van der Waals surface area contributed by atoms with Gasteiger partial charge in [-0.2, -0.15) is 5.10 Å². The molecule has 78 valence electrons. The van der Waals surface area contributed by atoms with E-state index in [2.05, 4.69) is 21.0 Å². The fourth-order valence-electron chi connectivity index (χ4n) is 1.47. The Labute approximate surface area is 96.5 Å². The number of phenolic OH excluding ortho intramolecular Hbond substituents is 1. The van der Waals surface area contributed by atoms with E-state index in [0.29, 0.717) is 0 Å². The maximum Gasteiger partial charge on any atom is 0.115 e. The summed E-state index contributed by atoms with van der Waals surface area (Å²) < 4.78 is 2.87. The fraction of sp³-hybridized carbons (Fsp3) is 0.182. The molecule has 0 spiro atoms. The summed E-state index contributed by atoms with van der Waals surface area (Å²) in [5.41, 5.74) is 2.96. The van der Waals surface area contributed by atoms with E-state index in [-0.39, 0.29) is 5.75 Å². The van der Waals surface area contributed by atoms with Gasteiger partial charge in [0.25, 0.3) is 0 Å². The van der Waals surface area contributed by atoms with Gasteiger partial charge in [-0.3, -0.25) is 0 Å². The van der Waals surface area contributed by atoms with Crippen molar-refractivity contribution in [2.45, 2.75) is 13.8 Å². The van der Waals surface area contributed by atoms with E-state index in [1.165, 1.54) is 0 Å². The summed E-state index contributed by atoms with van der Waals surface area (Å²) in [7, 11) is 0. The Morgan fingerprint density at radius 3 is 2.27 bits per heavy atom. The minimum atomic E-state index is 0.263. The number of rotatable bonds is 1. The van der Waals surface area contributed by atoms with E-state index < -0.39 is 0 Å². The standard InChI is InChI=1S/C11H11BrN2O/c1-7-11(12)8(2)14(13-7)9-3-5-10(15)6-4-9/h3-6,15H,1-2H3. The van der Waals surface area contributed by atoms with E-state index in [9.17, 15) is 5.11 Å². The van der Waals surface area contributed by atoms with Crippen molar-refractivity contribution in [2.24, 2.45) is 0 Å². The molecule has 3 nitrogen and oxygen atoms in total. The Balaban J connectivity index is 2.54. The number of hydrogen-bond donors (Lipinski definition) is 1. The molecule has 0 aliphatic heterocycles. The summed E-state index contributed by atoms with van der Waals surface area (Å²) in [4.78, 5) is 0. The molecule has 0 saturated heterocycles. The van der Waals surface area contributed by atoms with Crippen molar-refractivity contribution < 1.29 is 5.11 Å². The van der Waals surface area contributed by atoms with Crippen molar-refractivity contribution in [3.8, 4) is 11.4 Å². The van der Waals surface area contributed by atoms with Gasteiger partial charge in [0.1, 0.15) is 5.75 Å². The number of aromatic nitrogens is 2. The average molecular weight is 267 g/mol. The number of phenols is 1. The maximum absolute atomic E-state index is 9.19. The van der Waals surface area contributed by atoms with Crippen molar-refractivity contribution in [3.05, 3.63) is 40.1 Å². The predicted molar refractivity (Wildman–Crippen MR) is 62.4 cm³/mol. The van der Waals surface area contributed by atoms with Gasteiger partial charge in [0, 0.05) is 0 Å². The van der Waals surface area contributed by atoms with E-state index in [4.69, 9.17) is 0 Å². The third-order valence-corrected chi connectivity index (χ3v) is 3.44. The lowest BCUT2D eigenvalue weighted by atomic mass is 10.3. The van der Waals surface area contributed by atoms with Gasteiger partial charge in [0.2, 0.25) is 0 Å². The number of nitrogens with zero attached hydrogens (tertiary/aromatic N) is 2. The van der Waals surface area contributed by atoms with E-state index >= 15 is 0 Å². The molecule has 0 aliphatic rings. The van der Waals surface area contributed by atoms with E-state index in [1.54, 1.807) is 12.1 Å². The van der Waals surface area contributed by atoms with Crippen molar-refractivity contribution in [2.75, 3.05) is 0 Å². The zero-order valence-electron chi connectivity index (χ0n) is 8.53. The second-order valence-corrected chi connectivity index (χ2v) is 4.21. The highest BCUT2D eigenvalue weighted by Gasteiger charge is 2.09. The second kappa shape index (κ2) is 3.70. The fourth-order valence-corrected chi connectivity index (χ4v) is 1.72. The summed E-state index contributed by atoms with van der Waals surface area (Å²) >= 11 is 3.48. The van der Waals surface area contributed by atoms with Gasteiger partial charge in [0.15, 0.2) is 0 Å². The monoisotopic (exact) mass is 266 g/mol. The molecule has 0 radical (unpaired) electrons. The SMILES string of the molecule is Cc1nn(-c2ccc(O)cc2)c(C)c1Br. The van der Waals surface area contributed by atoms with Crippen LogP contribution in [0.5, 0.6) is 5.75 Å². The van der Waals surface area contributed by atoms with Crippen LogP contribution in [0.1, 0.15) is 11.4 Å². The van der Waals surface area contributed by atoms with Gasteiger partial charge in [-0.1, -0.05) is 0 Å². The van der Waals surface area contributed by atoms with Crippen LogP contribution in [-0.2, 0) is 0 Å². The number of aryl methyl sites for hydroxylation is 1. The molecule has 0 aliphatic carbocycles. The van der Waals surface area contributed by atoms with Crippen molar-refractivity contribution in [3.63, 3.8) is 0 Å². The van der Waals surface area contributed by atoms with Crippen molar-refractivity contribution in [1.29, 1.82) is 0 Å². The Morgan fingerprint density at radius 1 is 1.20 bits per heavy atom. The first-order chi connectivity index (χ1) is 7.09. The van der Waals surface area contributed by atoms with E-state index in [1.807, 2.05) is 30.7 Å². The molecule has 1 N–H and O–H groups in total. The van der Waals surface area contributed by atoms with Crippen molar-refractivity contribution >= 4 is 15.9 Å². The van der Waals surface area contributed by atoms with Crippen LogP contribution in [0.3, 0.4) is 0 Å². The molecule has 2 aromatic rings. The Kier molecular flexibility index (Phi) is 2.52. The lowest BCUT2D eigenvalue weighted by Crippen LogP contribution is -1.98. The molecule has 0 atom stereocenters. The highest BCUT2D eigenvalue weighted by atomic mass is 79.9. The van der Waals surface area contributed by atoms with Crippen molar-refractivity contribution in [1.82, 2.24) is 9.78 Å². The molecule has 4 heteroatoms. The summed E-state index contributed by atoms with van der Waals surface area (Å²) in [5, 5.41) is 13.6. The molecule has 2 rings (SSSR count). The number of aromatic hydroxyl groups is 1. The minimum Gasteiger partial charge on any atom is -0.508 e. The molecule has 0 saturated carbocycles. The molecule has 1 aromatic heterocycles. The predicted octanol–water partition coefficient (Wildman–Crippen LogP) is 2.96. The minimum absolute atomic E-state index is 0.263. The van der Waals surface area contributed by atoms with Crippen LogP contribution < -0.4 is 0 Å². The molecular weight excluding hydrogens is 256 g/mol. The van der Waals surface area contributed by atoms with E-state index in [0.717, 1.165) is 21.5 Å². The summed E-state index contributed by atoms with van der Waals surface area (Å²) in [6.45, 7) is 3.95. The summed E-state index contributed by atoms with van der Waals surface area (Å²) in [6.07, 6.45) is 0. The number of benzene rings is 1. The second-order valence-electron chi connectivity index (χ2n) is 3.41. The highest BCUT2D eigenvalue weighted by molar-refractivity contribution is 9.10. The van der Waals surface area contributed by atoms with Gasteiger partial charge in [-0.05, 0) is 54.0 Å². The smallest absolute Gasteiger partial charge is 0.115 e. The maximum atomic E-state index is 9.19. The zero-order valence-corrected chi connectivity index (χ0v) is 10.1. The van der Waals surface area contributed by atoms with Crippen LogP contribution in [-0.4, -0.2) is 14.9 Å². The van der Waals surface area contributed by atoms with Gasteiger partial charge in [-0.25, -0.2) is 4.68 Å². The summed E-state index contributed by atoms with van der Waals surface area (Å²) in [5.74, 6) is 0.263. The molecule has 1 aromatic carbocycles. The molecular formula is C11H11BrN2O. The Bertz CT molecular complexity index is 488.